The van der Waals surface area contributed by atoms with Gasteiger partial charge in [0.25, 0.3) is 0 Å². The molecule has 94 valence electrons. The summed E-state index contributed by atoms with van der Waals surface area (Å²) >= 11 is 1.85. The fraction of sp³-hybridized carbons (Fsp3) is 0.600. The first-order valence-electron chi connectivity index (χ1n) is 5.43. The molecule has 0 fully saturated rings. The van der Waals surface area contributed by atoms with E-state index in [0.29, 0.717) is 5.95 Å². The monoisotopic (exact) mass is 256 g/mol. The fourth-order valence-electron chi connectivity index (χ4n) is 1.26. The lowest BCUT2D eigenvalue weighted by atomic mass is 10.2. The maximum Gasteiger partial charge on any atom is 0.305 e. The second-order valence-electron chi connectivity index (χ2n) is 3.50. The Balaban J connectivity index is 2.21. The second kappa shape index (κ2) is 7.83. The molecule has 0 aliphatic heterocycles. The molecule has 0 atom stereocenters. The molecule has 7 heteroatoms. The maximum atomic E-state index is 10.4. The van der Waals surface area contributed by atoms with Gasteiger partial charge in [0.2, 0.25) is 5.95 Å². The molecular formula is C10H16N4O2S. The molecule has 17 heavy (non-hydrogen) atoms. The molecule has 1 N–H and O–H groups in total. The van der Waals surface area contributed by atoms with Crippen LogP contribution in [0.1, 0.15) is 19.3 Å². The van der Waals surface area contributed by atoms with Crippen molar-refractivity contribution in [1.29, 1.82) is 0 Å². The summed E-state index contributed by atoms with van der Waals surface area (Å²) in [5, 5.41) is 13.4. The minimum atomic E-state index is -0.508. The van der Waals surface area contributed by atoms with Crippen molar-refractivity contribution in [2.24, 2.45) is 0 Å². The number of hydrogen-bond donors (Lipinski definition) is 1. The van der Waals surface area contributed by atoms with E-state index in [1.54, 1.807) is 0 Å². The van der Waals surface area contributed by atoms with Gasteiger partial charge in [-0.05, 0) is 24.9 Å². The van der Waals surface area contributed by atoms with Gasteiger partial charge in [0, 0.05) is 6.54 Å². The Kier molecular flexibility index (Phi) is 6.31. The number of thioether (sulfide) groups is 1. The van der Waals surface area contributed by atoms with Crippen molar-refractivity contribution < 1.29 is 4.92 Å². The molecule has 0 spiro atoms. The van der Waals surface area contributed by atoms with E-state index in [4.69, 9.17) is 0 Å². The summed E-state index contributed by atoms with van der Waals surface area (Å²) in [5.74, 6) is 1.63. The number of anilines is 1. The van der Waals surface area contributed by atoms with Gasteiger partial charge in [-0.15, -0.1) is 0 Å². The van der Waals surface area contributed by atoms with Crippen LogP contribution in [0.4, 0.5) is 11.6 Å². The van der Waals surface area contributed by atoms with Gasteiger partial charge >= 0.3 is 5.69 Å². The van der Waals surface area contributed by atoms with Crippen molar-refractivity contribution >= 4 is 23.4 Å². The Morgan fingerprint density at radius 3 is 2.65 bits per heavy atom. The molecule has 0 radical (unpaired) electrons. The molecule has 0 aliphatic carbocycles. The van der Waals surface area contributed by atoms with Crippen molar-refractivity contribution in [2.45, 2.75) is 19.3 Å². The second-order valence-corrected chi connectivity index (χ2v) is 4.49. The Labute approximate surface area is 104 Å². The molecule has 0 saturated heterocycles. The van der Waals surface area contributed by atoms with Crippen LogP contribution in [0.3, 0.4) is 0 Å². The third kappa shape index (κ3) is 5.48. The number of unbranched alkanes of at least 4 members (excludes halogenated alkanes) is 2. The molecule has 1 heterocycles. The first kappa shape index (κ1) is 13.7. The van der Waals surface area contributed by atoms with Crippen molar-refractivity contribution in [2.75, 3.05) is 23.9 Å². The average Bonchev–Trinajstić information content (AvgIpc) is 2.34. The SMILES string of the molecule is CSCCCCCNc1ncc([N+](=O)[O-])cn1. The van der Waals surface area contributed by atoms with E-state index in [0.717, 1.165) is 13.0 Å². The van der Waals surface area contributed by atoms with Gasteiger partial charge in [0.1, 0.15) is 12.4 Å². The highest BCUT2D eigenvalue weighted by molar-refractivity contribution is 7.98. The summed E-state index contributed by atoms with van der Waals surface area (Å²) in [7, 11) is 0. The number of nitro groups is 1. The van der Waals surface area contributed by atoms with Crippen LogP contribution in [0.5, 0.6) is 0 Å². The maximum absolute atomic E-state index is 10.4. The van der Waals surface area contributed by atoms with Gasteiger partial charge in [0.15, 0.2) is 0 Å². The number of nitrogens with zero attached hydrogens (tertiary/aromatic N) is 3. The molecule has 1 rings (SSSR count). The minimum Gasteiger partial charge on any atom is -0.354 e. The van der Waals surface area contributed by atoms with E-state index in [9.17, 15) is 10.1 Å². The molecule has 6 nitrogen and oxygen atoms in total. The van der Waals surface area contributed by atoms with Crippen molar-refractivity contribution in [3.05, 3.63) is 22.5 Å². The predicted molar refractivity (Wildman–Crippen MR) is 69.4 cm³/mol. The minimum absolute atomic E-state index is 0.0875. The lowest BCUT2D eigenvalue weighted by molar-refractivity contribution is -0.385. The van der Waals surface area contributed by atoms with E-state index >= 15 is 0 Å². The van der Waals surface area contributed by atoms with E-state index < -0.39 is 4.92 Å². The summed E-state index contributed by atoms with van der Waals surface area (Å²) < 4.78 is 0. The Morgan fingerprint density at radius 2 is 2.06 bits per heavy atom. The molecule has 1 aromatic heterocycles. The standard InChI is InChI=1S/C10H16N4O2S/c1-17-6-4-2-3-5-11-10-12-7-9(8-13-10)14(15)16/h7-8H,2-6H2,1H3,(H,11,12,13). The summed E-state index contributed by atoms with van der Waals surface area (Å²) in [6.07, 6.45) is 7.96. The first-order chi connectivity index (χ1) is 8.24. The number of aromatic nitrogens is 2. The average molecular weight is 256 g/mol. The zero-order chi connectivity index (χ0) is 12.5. The van der Waals surface area contributed by atoms with Crippen LogP contribution in [0.2, 0.25) is 0 Å². The molecule has 0 aliphatic rings. The topological polar surface area (TPSA) is 81.0 Å². The summed E-state index contributed by atoms with van der Waals surface area (Å²) in [4.78, 5) is 17.6. The van der Waals surface area contributed by atoms with Gasteiger partial charge in [-0.25, -0.2) is 9.97 Å². The predicted octanol–water partition coefficient (Wildman–Crippen LogP) is 2.33. The van der Waals surface area contributed by atoms with Crippen molar-refractivity contribution in [3.63, 3.8) is 0 Å². The smallest absolute Gasteiger partial charge is 0.305 e. The highest BCUT2D eigenvalue weighted by Gasteiger charge is 2.05. The number of nitrogens with one attached hydrogen (secondary N) is 1. The Bertz CT molecular complexity index is 345. The van der Waals surface area contributed by atoms with Crippen molar-refractivity contribution in [3.8, 4) is 0 Å². The lowest BCUT2D eigenvalue weighted by Crippen LogP contribution is -2.05. The van der Waals surface area contributed by atoms with E-state index in [1.807, 2.05) is 11.8 Å². The van der Waals surface area contributed by atoms with Gasteiger partial charge < -0.3 is 5.32 Å². The highest BCUT2D eigenvalue weighted by Crippen LogP contribution is 2.08. The highest BCUT2D eigenvalue weighted by atomic mass is 32.2. The van der Waals surface area contributed by atoms with Crippen LogP contribution in [-0.2, 0) is 0 Å². The van der Waals surface area contributed by atoms with Crippen LogP contribution in [0.25, 0.3) is 0 Å². The van der Waals surface area contributed by atoms with Gasteiger partial charge in [-0.1, -0.05) is 6.42 Å². The van der Waals surface area contributed by atoms with Crippen LogP contribution in [-0.4, -0.2) is 33.4 Å². The Morgan fingerprint density at radius 1 is 1.35 bits per heavy atom. The zero-order valence-electron chi connectivity index (χ0n) is 9.76. The van der Waals surface area contributed by atoms with Gasteiger partial charge in [-0.2, -0.15) is 11.8 Å². The molecule has 0 amide bonds. The van der Waals surface area contributed by atoms with Crippen LogP contribution in [0.15, 0.2) is 12.4 Å². The first-order valence-corrected chi connectivity index (χ1v) is 6.82. The summed E-state index contributed by atoms with van der Waals surface area (Å²) in [6.45, 7) is 0.798. The lowest BCUT2D eigenvalue weighted by Gasteiger charge is -2.03. The van der Waals surface area contributed by atoms with Crippen LogP contribution < -0.4 is 5.32 Å². The molecule has 0 bridgehead atoms. The quantitative estimate of drug-likeness (QED) is 0.437. The van der Waals surface area contributed by atoms with E-state index in [-0.39, 0.29) is 5.69 Å². The van der Waals surface area contributed by atoms with Gasteiger partial charge in [-0.3, -0.25) is 10.1 Å². The summed E-state index contributed by atoms with van der Waals surface area (Å²) in [6, 6.07) is 0. The van der Waals surface area contributed by atoms with E-state index in [1.165, 1.54) is 31.0 Å². The van der Waals surface area contributed by atoms with Gasteiger partial charge in [0.05, 0.1) is 4.92 Å². The molecule has 0 saturated carbocycles. The van der Waals surface area contributed by atoms with Crippen LogP contribution in [0, 0.1) is 10.1 Å². The molecular weight excluding hydrogens is 240 g/mol. The van der Waals surface area contributed by atoms with Crippen molar-refractivity contribution in [1.82, 2.24) is 9.97 Å². The Hall–Kier alpha value is -1.37. The molecule has 1 aromatic rings. The number of hydrogen-bond acceptors (Lipinski definition) is 6. The third-order valence-corrected chi connectivity index (χ3v) is 2.85. The number of rotatable bonds is 8. The zero-order valence-corrected chi connectivity index (χ0v) is 10.6. The molecule has 0 aromatic carbocycles. The molecule has 0 unspecified atom stereocenters. The third-order valence-electron chi connectivity index (χ3n) is 2.16. The normalized spacial score (nSPS) is 10.2. The largest absolute Gasteiger partial charge is 0.354 e. The van der Waals surface area contributed by atoms with Crippen LogP contribution >= 0.6 is 11.8 Å². The van der Waals surface area contributed by atoms with E-state index in [2.05, 4.69) is 21.5 Å². The summed E-state index contributed by atoms with van der Waals surface area (Å²) in [5.41, 5.74) is -0.0875. The fourth-order valence-corrected chi connectivity index (χ4v) is 1.75.